The van der Waals surface area contributed by atoms with Crippen LogP contribution in [0.1, 0.15) is 12.5 Å². The van der Waals surface area contributed by atoms with Crippen LogP contribution < -0.4 is 17.0 Å². The molecule has 2 aliphatic heterocycles. The number of aromatic amines is 1. The van der Waals surface area contributed by atoms with E-state index in [2.05, 4.69) is 37.2 Å². The number of aromatic nitrogens is 7. The second-order valence-corrected chi connectivity index (χ2v) is 12.4. The largest absolute Gasteiger partial charge is 0.394 e. The minimum absolute atomic E-state index is 0.0392. The van der Waals surface area contributed by atoms with E-state index in [0.29, 0.717) is 5.39 Å². The molecule has 6 heterocycles. The average molecular weight is 630 g/mol. The van der Waals surface area contributed by atoms with Crippen molar-refractivity contribution in [2.75, 3.05) is 24.7 Å². The number of nitrogens with one attached hydrogen (secondary N) is 1. The lowest BCUT2D eigenvalue weighted by Gasteiger charge is -2.25. The predicted octanol–water partition coefficient (Wildman–Crippen LogP) is -0.984. The maximum atomic E-state index is 15.1. The summed E-state index contributed by atoms with van der Waals surface area (Å²) < 4.78 is 53.2. The number of nitrogen functional groups attached to an aromatic ring is 2. The zero-order valence-electron chi connectivity index (χ0n) is 21.2. The maximum Gasteiger partial charge on any atom is 0.386 e. The van der Waals surface area contributed by atoms with Gasteiger partial charge in [0, 0.05) is 6.20 Å². The van der Waals surface area contributed by atoms with Crippen molar-refractivity contribution in [1.29, 1.82) is 0 Å². The first kappa shape index (κ1) is 28.9. The van der Waals surface area contributed by atoms with Crippen LogP contribution in [0.15, 0.2) is 29.7 Å². The molecule has 8 N–H and O–H groups in total. The standard InChI is InChI=1S/C21H25FN9O9PS/c22-10-12(33)9(39-19(10)30-2-1-7-15(23)25-5-26-16(7)30)4-37-41(36,42)40-14-13(34)8(3-32)38-20(14)31-6-27-11-17(31)28-21(24)29-18(11)35/h1-2,5-6,8-10,12-14,19-20,32-34H,3-4H2,(H,36,42)(H2,23,25,26)(H3,24,28,29,35)/t8-,9-,10+,12?,13?,14+,19-,20-,41-/m1/s1. The third-order valence-electron chi connectivity index (χ3n) is 6.98. The van der Waals surface area contributed by atoms with Crippen LogP contribution in [0.5, 0.6) is 0 Å². The smallest absolute Gasteiger partial charge is 0.386 e. The highest BCUT2D eigenvalue weighted by atomic mass is 32.7. The van der Waals surface area contributed by atoms with Crippen LogP contribution in [0, 0.1) is 0 Å². The minimum atomic E-state index is -4.39. The first-order valence-corrected chi connectivity index (χ1v) is 15.1. The van der Waals surface area contributed by atoms with Gasteiger partial charge in [-0.3, -0.25) is 23.4 Å². The van der Waals surface area contributed by atoms with Crippen molar-refractivity contribution in [2.24, 2.45) is 0 Å². The number of aliphatic hydroxyl groups is 3. The van der Waals surface area contributed by atoms with Crippen LogP contribution in [-0.4, -0.2) is 99.3 Å². The molecule has 2 fully saturated rings. The molecule has 4 aromatic rings. The summed E-state index contributed by atoms with van der Waals surface area (Å²) in [6.45, 7) is -5.67. The molecule has 0 saturated carbocycles. The molecule has 0 radical (unpaired) electrons. The van der Waals surface area contributed by atoms with Crippen LogP contribution in [-0.2, 0) is 23.1 Å². The van der Waals surface area contributed by atoms with Crippen molar-refractivity contribution >= 4 is 53.0 Å². The second kappa shape index (κ2) is 10.8. The van der Waals surface area contributed by atoms with Gasteiger partial charge in [-0.25, -0.2) is 23.9 Å². The third-order valence-corrected chi connectivity index (χ3v) is 8.60. The van der Waals surface area contributed by atoms with Gasteiger partial charge in [-0.1, -0.05) is 12.2 Å². The van der Waals surface area contributed by atoms with E-state index in [9.17, 15) is 24.7 Å². The van der Waals surface area contributed by atoms with Gasteiger partial charge in [-0.05, 0) is 6.07 Å². The van der Waals surface area contributed by atoms with Crippen molar-refractivity contribution in [3.8, 4) is 0 Å². The van der Waals surface area contributed by atoms with E-state index >= 15 is 4.39 Å². The first-order chi connectivity index (χ1) is 20.0. The number of rotatable bonds is 8. The number of anilines is 2. The number of hydrogen-bond acceptors (Lipinski definition) is 15. The first-order valence-electron chi connectivity index (χ1n) is 12.4. The molecule has 6 rings (SSSR count). The van der Waals surface area contributed by atoms with Crippen molar-refractivity contribution in [2.45, 2.75) is 49.1 Å². The molecule has 9 atom stereocenters. The predicted molar refractivity (Wildman–Crippen MR) is 144 cm³/mol. The van der Waals surface area contributed by atoms with E-state index in [1.165, 1.54) is 21.7 Å². The third kappa shape index (κ3) is 4.93. The molecule has 0 bridgehead atoms. The Morgan fingerprint density at radius 1 is 1.12 bits per heavy atom. The van der Waals surface area contributed by atoms with Crippen molar-refractivity contribution < 1.29 is 42.8 Å². The van der Waals surface area contributed by atoms with Gasteiger partial charge in [0.05, 0.1) is 24.9 Å². The SMILES string of the molecule is Nc1nc2c(ncn2[C@@H]2O[C@H](CO)C(O)[C@@H]2O[P@](=O)(S)OC[C@H]2O[C@@H](n3ccc4c(N)ncnc43)[C@@H](F)C2O)c(=O)[nH]1. The van der Waals surface area contributed by atoms with Gasteiger partial charge in [0.15, 0.2) is 29.8 Å². The fourth-order valence-electron chi connectivity index (χ4n) is 4.95. The highest BCUT2D eigenvalue weighted by Crippen LogP contribution is 2.57. The van der Waals surface area contributed by atoms with Gasteiger partial charge in [0.2, 0.25) is 5.95 Å². The zero-order valence-corrected chi connectivity index (χ0v) is 23.0. The van der Waals surface area contributed by atoms with Gasteiger partial charge in [0.25, 0.3) is 5.56 Å². The Hall–Kier alpha value is -3.20. The molecule has 2 unspecified atom stereocenters. The molecule has 2 aliphatic rings. The van der Waals surface area contributed by atoms with Crippen LogP contribution in [0.4, 0.5) is 16.2 Å². The number of ether oxygens (including phenoxy) is 2. The van der Waals surface area contributed by atoms with E-state index in [0.717, 1.165) is 6.33 Å². The quantitative estimate of drug-likeness (QED) is 0.0912. The number of nitrogens with zero attached hydrogens (tertiary/aromatic N) is 6. The van der Waals surface area contributed by atoms with E-state index in [1.54, 1.807) is 6.07 Å². The fourth-order valence-corrected chi connectivity index (χ4v) is 6.41. The molecule has 21 heteroatoms. The molecule has 18 nitrogen and oxygen atoms in total. The molecule has 0 aliphatic carbocycles. The summed E-state index contributed by atoms with van der Waals surface area (Å²) in [5.74, 6) is -0.0501. The highest BCUT2D eigenvalue weighted by molar-refractivity contribution is 8.44. The number of fused-ring (bicyclic) bond motifs is 2. The van der Waals surface area contributed by atoms with Crippen LogP contribution in [0.3, 0.4) is 0 Å². The van der Waals surface area contributed by atoms with Crippen molar-refractivity contribution in [1.82, 2.24) is 34.1 Å². The Bertz CT molecular complexity index is 1740. The summed E-state index contributed by atoms with van der Waals surface area (Å²) >= 11 is 3.97. The zero-order chi connectivity index (χ0) is 29.9. The molecule has 42 heavy (non-hydrogen) atoms. The maximum absolute atomic E-state index is 15.1. The summed E-state index contributed by atoms with van der Waals surface area (Å²) in [5.41, 5.74) is 11.0. The lowest BCUT2D eigenvalue weighted by molar-refractivity contribution is -0.0534. The monoisotopic (exact) mass is 629 g/mol. The van der Waals surface area contributed by atoms with Crippen molar-refractivity contribution in [3.05, 3.63) is 35.3 Å². The summed E-state index contributed by atoms with van der Waals surface area (Å²) in [7, 11) is 0. The van der Waals surface area contributed by atoms with Gasteiger partial charge in [-0.2, -0.15) is 4.98 Å². The summed E-state index contributed by atoms with van der Waals surface area (Å²) in [6, 6.07) is 1.57. The number of alkyl halides is 1. The fraction of sp³-hybridized carbons (Fsp3) is 0.476. The van der Waals surface area contributed by atoms with E-state index in [-0.39, 0.29) is 28.6 Å². The molecule has 0 aromatic carbocycles. The second-order valence-electron chi connectivity index (χ2n) is 9.57. The molecular weight excluding hydrogens is 604 g/mol. The van der Waals surface area contributed by atoms with E-state index in [1.807, 2.05) is 0 Å². The number of halogens is 1. The molecule has 0 amide bonds. The highest BCUT2D eigenvalue weighted by Gasteiger charge is 2.50. The molecule has 226 valence electrons. The Kier molecular flexibility index (Phi) is 7.44. The normalized spacial score (nSPS) is 31.3. The number of nitrogens with two attached hydrogens (primary N) is 2. The number of aliphatic hydroxyl groups excluding tert-OH is 3. The van der Waals surface area contributed by atoms with Crippen molar-refractivity contribution in [3.63, 3.8) is 0 Å². The van der Waals surface area contributed by atoms with Gasteiger partial charge >= 0.3 is 6.80 Å². The van der Waals surface area contributed by atoms with Gasteiger partial charge < -0.3 is 40.8 Å². The van der Waals surface area contributed by atoms with Crippen LogP contribution in [0.25, 0.3) is 22.2 Å². The molecule has 4 aromatic heterocycles. The summed E-state index contributed by atoms with van der Waals surface area (Å²) in [5, 5.41) is 31.4. The lowest BCUT2D eigenvalue weighted by atomic mass is 10.1. The van der Waals surface area contributed by atoms with Crippen LogP contribution in [0.2, 0.25) is 0 Å². The van der Waals surface area contributed by atoms with E-state index in [4.69, 9.17) is 30.0 Å². The Morgan fingerprint density at radius 3 is 2.64 bits per heavy atom. The number of thiol groups is 1. The number of hydrogen-bond donors (Lipinski definition) is 7. The molecular formula is C21H25FN9O9PS. The minimum Gasteiger partial charge on any atom is -0.394 e. The molecule has 2 saturated heterocycles. The Labute approximate surface area is 239 Å². The number of H-pyrrole nitrogens is 1. The van der Waals surface area contributed by atoms with Crippen LogP contribution >= 0.6 is 19.0 Å². The van der Waals surface area contributed by atoms with E-state index < -0.39 is 74.7 Å². The average Bonchev–Trinajstić information content (AvgIpc) is 3.69. The Balaban J connectivity index is 1.19. The summed E-state index contributed by atoms with van der Waals surface area (Å²) in [6.07, 6.45) is -7.97. The van der Waals surface area contributed by atoms with Gasteiger partial charge in [0.1, 0.15) is 48.3 Å². The van der Waals surface area contributed by atoms with Gasteiger partial charge in [-0.15, -0.1) is 0 Å². The summed E-state index contributed by atoms with van der Waals surface area (Å²) in [4.78, 5) is 30.5. The lowest BCUT2D eigenvalue weighted by Crippen LogP contribution is -2.35. The Morgan fingerprint density at radius 2 is 1.88 bits per heavy atom. The molecule has 0 spiro atoms. The number of imidazole rings is 1. The topological polar surface area (TPSA) is 261 Å².